The Balaban J connectivity index is 1.82. The van der Waals surface area contributed by atoms with E-state index in [1.807, 2.05) is 37.4 Å². The number of rotatable bonds is 6. The molecule has 1 aromatic heterocycles. The number of carbonyl (C=O) groups is 1. The Bertz CT molecular complexity index is 850. The molecule has 1 heterocycles. The minimum atomic E-state index is 0.0363. The van der Waals surface area contributed by atoms with Crippen molar-refractivity contribution in [2.75, 3.05) is 7.05 Å². The van der Waals surface area contributed by atoms with Crippen molar-refractivity contribution < 1.29 is 4.79 Å². The van der Waals surface area contributed by atoms with Crippen LogP contribution in [0, 0.1) is 6.92 Å². The van der Waals surface area contributed by atoms with Crippen LogP contribution in [0.15, 0.2) is 73.2 Å². The Morgan fingerprint density at radius 3 is 2.46 bits per heavy atom. The molecule has 0 fully saturated rings. The molecule has 4 heteroatoms. The van der Waals surface area contributed by atoms with Crippen LogP contribution >= 0.6 is 0 Å². The molecule has 132 valence electrons. The number of hydrogen-bond donors (Lipinski definition) is 0. The molecule has 0 saturated heterocycles. The lowest BCUT2D eigenvalue weighted by molar-refractivity contribution is -0.130. The van der Waals surface area contributed by atoms with E-state index in [4.69, 9.17) is 0 Å². The Morgan fingerprint density at radius 1 is 1.04 bits per heavy atom. The second kappa shape index (κ2) is 8.39. The molecule has 3 rings (SSSR count). The first kappa shape index (κ1) is 17.8. The third-order valence-corrected chi connectivity index (χ3v) is 4.59. The predicted molar refractivity (Wildman–Crippen MR) is 103 cm³/mol. The molecule has 0 aliphatic rings. The molecule has 4 nitrogen and oxygen atoms in total. The summed E-state index contributed by atoms with van der Waals surface area (Å²) >= 11 is 0. The highest BCUT2D eigenvalue weighted by Crippen LogP contribution is 2.30. The predicted octanol–water partition coefficient (Wildman–Crippen LogP) is 3.97. The Labute approximate surface area is 154 Å². The topological polar surface area (TPSA) is 46.1 Å². The summed E-state index contributed by atoms with van der Waals surface area (Å²) < 4.78 is 0. The Morgan fingerprint density at radius 2 is 1.77 bits per heavy atom. The van der Waals surface area contributed by atoms with E-state index < -0.39 is 0 Å². The van der Waals surface area contributed by atoms with Gasteiger partial charge in [-0.25, -0.2) is 0 Å². The summed E-state index contributed by atoms with van der Waals surface area (Å²) in [4.78, 5) is 22.9. The van der Waals surface area contributed by atoms with Gasteiger partial charge in [0, 0.05) is 31.8 Å². The van der Waals surface area contributed by atoms with Gasteiger partial charge >= 0.3 is 0 Å². The van der Waals surface area contributed by atoms with Gasteiger partial charge in [-0.15, -0.1) is 0 Å². The fourth-order valence-electron chi connectivity index (χ4n) is 3.14. The molecule has 2 aromatic carbocycles. The molecular weight excluding hydrogens is 322 g/mol. The van der Waals surface area contributed by atoms with E-state index in [0.717, 1.165) is 11.3 Å². The van der Waals surface area contributed by atoms with Crippen LogP contribution in [0.3, 0.4) is 0 Å². The number of nitrogens with zero attached hydrogens (tertiary/aromatic N) is 3. The number of hydrogen-bond acceptors (Lipinski definition) is 3. The van der Waals surface area contributed by atoms with Crippen LogP contribution < -0.4 is 0 Å². The smallest absolute Gasteiger partial charge is 0.223 e. The van der Waals surface area contributed by atoms with Crippen molar-refractivity contribution in [3.05, 3.63) is 95.6 Å². The van der Waals surface area contributed by atoms with Gasteiger partial charge in [-0.1, -0.05) is 54.6 Å². The van der Waals surface area contributed by atoms with Crippen LogP contribution in [-0.2, 0) is 11.3 Å². The van der Waals surface area contributed by atoms with Crippen LogP contribution in [0.2, 0.25) is 0 Å². The van der Waals surface area contributed by atoms with Crippen LogP contribution in [0.5, 0.6) is 0 Å². The van der Waals surface area contributed by atoms with E-state index in [-0.39, 0.29) is 11.8 Å². The highest BCUT2D eigenvalue weighted by molar-refractivity contribution is 5.77. The van der Waals surface area contributed by atoms with Gasteiger partial charge in [-0.2, -0.15) is 0 Å². The number of aromatic nitrogens is 2. The van der Waals surface area contributed by atoms with Crippen molar-refractivity contribution in [3.8, 4) is 0 Å². The monoisotopic (exact) mass is 345 g/mol. The van der Waals surface area contributed by atoms with Crippen molar-refractivity contribution >= 4 is 5.91 Å². The Hall–Kier alpha value is -3.01. The second-order valence-corrected chi connectivity index (χ2v) is 6.47. The van der Waals surface area contributed by atoms with E-state index in [1.165, 1.54) is 11.1 Å². The first-order valence-electron chi connectivity index (χ1n) is 8.74. The summed E-state index contributed by atoms with van der Waals surface area (Å²) in [6.45, 7) is 2.56. The number of benzene rings is 2. The third kappa shape index (κ3) is 4.33. The zero-order valence-electron chi connectivity index (χ0n) is 15.2. The molecule has 1 amide bonds. The summed E-state index contributed by atoms with van der Waals surface area (Å²) in [5, 5.41) is 0. The van der Waals surface area contributed by atoms with Crippen LogP contribution in [0.25, 0.3) is 0 Å². The highest BCUT2D eigenvalue weighted by atomic mass is 16.2. The average molecular weight is 345 g/mol. The summed E-state index contributed by atoms with van der Waals surface area (Å²) in [5.74, 6) is 0.127. The second-order valence-electron chi connectivity index (χ2n) is 6.47. The maximum Gasteiger partial charge on any atom is 0.223 e. The lowest BCUT2D eigenvalue weighted by Gasteiger charge is -2.23. The number of amides is 1. The van der Waals surface area contributed by atoms with Gasteiger partial charge in [-0.05, 0) is 23.6 Å². The summed E-state index contributed by atoms with van der Waals surface area (Å²) in [6.07, 6.45) is 5.40. The maximum atomic E-state index is 12.9. The third-order valence-electron chi connectivity index (χ3n) is 4.59. The van der Waals surface area contributed by atoms with Gasteiger partial charge in [0.2, 0.25) is 5.91 Å². The maximum absolute atomic E-state index is 12.9. The largest absolute Gasteiger partial charge is 0.340 e. The normalized spacial score (nSPS) is 11.8. The van der Waals surface area contributed by atoms with E-state index in [0.29, 0.717) is 13.0 Å². The molecule has 0 aliphatic heterocycles. The molecule has 0 saturated carbocycles. The fraction of sp³-hybridized carbons (Fsp3) is 0.227. The fourth-order valence-corrected chi connectivity index (χ4v) is 3.14. The molecule has 0 unspecified atom stereocenters. The lowest BCUT2D eigenvalue weighted by Crippen LogP contribution is -2.28. The van der Waals surface area contributed by atoms with Crippen molar-refractivity contribution in [3.63, 3.8) is 0 Å². The molecule has 0 spiro atoms. The minimum absolute atomic E-state index is 0.0363. The summed E-state index contributed by atoms with van der Waals surface area (Å²) in [7, 11) is 1.82. The quantitative estimate of drug-likeness (QED) is 0.679. The zero-order chi connectivity index (χ0) is 18.4. The first-order valence-corrected chi connectivity index (χ1v) is 8.74. The van der Waals surface area contributed by atoms with Crippen LogP contribution in [0.4, 0.5) is 0 Å². The van der Waals surface area contributed by atoms with Crippen LogP contribution in [0.1, 0.15) is 34.7 Å². The van der Waals surface area contributed by atoms with Crippen LogP contribution in [-0.4, -0.2) is 27.8 Å². The summed E-state index contributed by atoms with van der Waals surface area (Å²) in [5.41, 5.74) is 4.34. The summed E-state index contributed by atoms with van der Waals surface area (Å²) in [6, 6.07) is 18.5. The van der Waals surface area contributed by atoms with Crippen molar-refractivity contribution in [2.45, 2.75) is 25.8 Å². The highest BCUT2D eigenvalue weighted by Gasteiger charge is 2.22. The first-order chi connectivity index (χ1) is 12.6. The Kier molecular flexibility index (Phi) is 5.74. The molecule has 0 bridgehead atoms. The van der Waals surface area contributed by atoms with Gasteiger partial charge in [0.1, 0.15) is 0 Å². The SMILES string of the molecule is Cc1ccccc1[C@H](CC(=O)N(C)Cc1cnccn1)c1ccccc1. The lowest BCUT2D eigenvalue weighted by atomic mass is 9.85. The van der Waals surface area contributed by atoms with E-state index >= 15 is 0 Å². The van der Waals surface area contributed by atoms with Gasteiger partial charge in [0.05, 0.1) is 18.4 Å². The van der Waals surface area contributed by atoms with Gasteiger partial charge in [0.15, 0.2) is 0 Å². The zero-order valence-corrected chi connectivity index (χ0v) is 15.2. The molecule has 3 aromatic rings. The van der Waals surface area contributed by atoms with Gasteiger partial charge in [-0.3, -0.25) is 14.8 Å². The van der Waals surface area contributed by atoms with Crippen molar-refractivity contribution in [1.29, 1.82) is 0 Å². The van der Waals surface area contributed by atoms with E-state index in [1.54, 1.807) is 23.5 Å². The molecule has 26 heavy (non-hydrogen) atoms. The van der Waals surface area contributed by atoms with E-state index in [2.05, 4.69) is 41.2 Å². The molecule has 0 radical (unpaired) electrons. The molecule has 0 aliphatic carbocycles. The molecule has 0 N–H and O–H groups in total. The standard InChI is InChI=1S/C22H23N3O/c1-17-8-6-7-11-20(17)21(18-9-4-3-5-10-18)14-22(26)25(2)16-19-15-23-12-13-24-19/h3-13,15,21H,14,16H2,1-2H3/t21-/m1/s1. The minimum Gasteiger partial charge on any atom is -0.340 e. The van der Waals surface area contributed by atoms with Gasteiger partial charge < -0.3 is 4.90 Å². The van der Waals surface area contributed by atoms with E-state index in [9.17, 15) is 4.79 Å². The van der Waals surface area contributed by atoms with Crippen molar-refractivity contribution in [2.24, 2.45) is 0 Å². The van der Waals surface area contributed by atoms with Gasteiger partial charge in [0.25, 0.3) is 0 Å². The average Bonchev–Trinajstić information content (AvgIpc) is 2.68. The number of aryl methyl sites for hydroxylation is 1. The number of carbonyl (C=O) groups excluding carboxylic acids is 1. The molecule has 1 atom stereocenters. The molecular formula is C22H23N3O. The van der Waals surface area contributed by atoms with Crippen molar-refractivity contribution in [1.82, 2.24) is 14.9 Å².